The van der Waals surface area contributed by atoms with Gasteiger partial charge in [0.25, 0.3) is 0 Å². The van der Waals surface area contributed by atoms with Gasteiger partial charge in [-0.1, -0.05) is 42.1 Å². The second-order valence-corrected chi connectivity index (χ2v) is 14.0. The minimum absolute atomic E-state index is 0.240. The van der Waals surface area contributed by atoms with Crippen LogP contribution in [0.15, 0.2) is 88.7 Å². The second kappa shape index (κ2) is 15.3. The molecule has 2 aliphatic rings. The molecule has 1 saturated heterocycles. The van der Waals surface area contributed by atoms with Gasteiger partial charge in [0, 0.05) is 74.2 Å². The van der Waals surface area contributed by atoms with Crippen molar-refractivity contribution in [1.29, 1.82) is 0 Å². The van der Waals surface area contributed by atoms with E-state index in [0.29, 0.717) is 25.4 Å². The summed E-state index contributed by atoms with van der Waals surface area (Å²) in [5, 5.41) is 2.23. The number of ether oxygens (including phenoxy) is 2. The summed E-state index contributed by atoms with van der Waals surface area (Å²) in [4.78, 5) is 23.4. The van der Waals surface area contributed by atoms with E-state index in [2.05, 4.69) is 26.8 Å². The van der Waals surface area contributed by atoms with Gasteiger partial charge in [0.05, 0.1) is 22.9 Å². The van der Waals surface area contributed by atoms with Gasteiger partial charge in [0.15, 0.2) is 0 Å². The van der Waals surface area contributed by atoms with Crippen LogP contribution in [-0.4, -0.2) is 88.9 Å². The fraction of sp³-hybridized carbons (Fsp3) is 0.395. The molecule has 0 aliphatic carbocycles. The van der Waals surface area contributed by atoms with Gasteiger partial charge >= 0.3 is 12.1 Å². The van der Waals surface area contributed by atoms with Gasteiger partial charge in [0.1, 0.15) is 19.0 Å². The number of rotatable bonds is 12. The van der Waals surface area contributed by atoms with Crippen LogP contribution < -0.4 is 14.5 Å². The van der Waals surface area contributed by atoms with E-state index in [4.69, 9.17) is 9.47 Å². The Morgan fingerprint density at radius 3 is 2.35 bits per heavy atom. The van der Waals surface area contributed by atoms with Crippen molar-refractivity contribution in [2.24, 2.45) is 5.92 Å². The highest BCUT2D eigenvalue weighted by molar-refractivity contribution is 7.99. The summed E-state index contributed by atoms with van der Waals surface area (Å²) in [5.74, 6) is 0.0589. The van der Waals surface area contributed by atoms with E-state index >= 15 is 0 Å². The first-order valence-electron chi connectivity index (χ1n) is 16.8. The molecule has 2 aliphatic heterocycles. The first-order chi connectivity index (χ1) is 23.6. The molecule has 0 N–H and O–H groups in total. The van der Waals surface area contributed by atoms with Crippen LogP contribution in [0.4, 0.5) is 30.2 Å². The van der Waals surface area contributed by atoms with Crippen molar-refractivity contribution in [3.8, 4) is 5.75 Å². The molecule has 49 heavy (non-hydrogen) atoms. The molecule has 260 valence electrons. The normalized spacial score (nSPS) is 15.8. The average molecular weight is 693 g/mol. The van der Waals surface area contributed by atoms with Crippen molar-refractivity contribution in [2.45, 2.75) is 29.3 Å². The largest absolute Gasteiger partial charge is 0.493 e. The van der Waals surface area contributed by atoms with Crippen LogP contribution in [0.1, 0.15) is 18.9 Å². The number of carbonyl (C=O) groups excluding carboxylic acids is 1. The lowest BCUT2D eigenvalue weighted by Gasteiger charge is -2.36. The Hall–Kier alpha value is -3.93. The molecule has 1 atom stereocenters. The van der Waals surface area contributed by atoms with Gasteiger partial charge < -0.3 is 24.2 Å². The van der Waals surface area contributed by atoms with Crippen LogP contribution >= 0.6 is 11.8 Å². The number of benzene rings is 4. The highest BCUT2D eigenvalue weighted by Crippen LogP contribution is 2.49. The summed E-state index contributed by atoms with van der Waals surface area (Å²) < 4.78 is 52.2. The number of alkyl halides is 3. The predicted octanol–water partition coefficient (Wildman–Crippen LogP) is 7.79. The summed E-state index contributed by atoms with van der Waals surface area (Å²) >= 11 is 1.52. The zero-order valence-corrected chi connectivity index (χ0v) is 29.0. The van der Waals surface area contributed by atoms with E-state index in [9.17, 15) is 18.0 Å². The summed E-state index contributed by atoms with van der Waals surface area (Å²) in [6.45, 7) is 8.06. The number of piperazine rings is 1. The molecule has 6 rings (SSSR count). The number of esters is 1. The van der Waals surface area contributed by atoms with E-state index in [0.717, 1.165) is 76.8 Å². The van der Waals surface area contributed by atoms with Gasteiger partial charge in [-0.25, -0.2) is 0 Å². The molecule has 1 fully saturated rings. The number of fused-ring (bicyclic) bond motifs is 3. The lowest BCUT2D eigenvalue weighted by molar-refractivity contribution is -0.149. The number of para-hydroxylation sites is 1. The van der Waals surface area contributed by atoms with Gasteiger partial charge in [0.2, 0.25) is 0 Å². The van der Waals surface area contributed by atoms with Crippen molar-refractivity contribution in [1.82, 2.24) is 9.80 Å². The van der Waals surface area contributed by atoms with E-state index < -0.39 is 17.7 Å². The summed E-state index contributed by atoms with van der Waals surface area (Å²) in [5.41, 5.74) is 2.05. The molecule has 2 heterocycles. The van der Waals surface area contributed by atoms with E-state index in [1.165, 1.54) is 23.9 Å². The third-order valence-corrected chi connectivity index (χ3v) is 10.3. The Kier molecular flexibility index (Phi) is 10.9. The van der Waals surface area contributed by atoms with Crippen LogP contribution in [0.2, 0.25) is 0 Å². The molecular formula is C38H43F3N4O3S. The van der Waals surface area contributed by atoms with Crippen molar-refractivity contribution in [3.63, 3.8) is 0 Å². The maximum atomic E-state index is 13.6. The maximum absolute atomic E-state index is 13.6. The molecule has 4 aromatic carbocycles. The molecule has 0 saturated carbocycles. The Balaban J connectivity index is 0.921. The predicted molar refractivity (Wildman–Crippen MR) is 190 cm³/mol. The van der Waals surface area contributed by atoms with Crippen LogP contribution in [0.5, 0.6) is 5.75 Å². The van der Waals surface area contributed by atoms with Gasteiger partial charge in [-0.05, 0) is 73.8 Å². The Morgan fingerprint density at radius 1 is 0.857 bits per heavy atom. The molecule has 0 bridgehead atoms. The standard InChI is InChI=1S/C38H43F3N4O3S/c1-27(26-48-30-14-12-28-8-6-10-32(42(2)3)31(28)25-30)37(46)47-23-22-44-20-18-43(19-21-44)16-7-17-45-33-9-4-5-11-35(33)49-36-15-13-29(24-34(36)45)38(39,40)41/h4-6,8-15,24-25,27H,7,16-23,26H2,1-3H3. The maximum Gasteiger partial charge on any atom is 0.416 e. The van der Waals surface area contributed by atoms with Crippen LogP contribution in [-0.2, 0) is 15.7 Å². The molecule has 0 aromatic heterocycles. The quantitative estimate of drug-likeness (QED) is 0.140. The Bertz CT molecular complexity index is 1760. The lowest BCUT2D eigenvalue weighted by atomic mass is 10.1. The number of carbonyl (C=O) groups is 1. The average Bonchev–Trinajstić information content (AvgIpc) is 3.09. The van der Waals surface area contributed by atoms with Crippen LogP contribution in [0.25, 0.3) is 10.8 Å². The highest BCUT2D eigenvalue weighted by Gasteiger charge is 2.33. The first-order valence-corrected chi connectivity index (χ1v) is 17.6. The van der Waals surface area contributed by atoms with E-state index in [-0.39, 0.29) is 12.6 Å². The number of hydrogen-bond donors (Lipinski definition) is 0. The monoisotopic (exact) mass is 692 g/mol. The van der Waals surface area contributed by atoms with Gasteiger partial charge in [-0.15, -0.1) is 0 Å². The van der Waals surface area contributed by atoms with Crippen molar-refractivity contribution in [3.05, 3.63) is 84.4 Å². The Morgan fingerprint density at radius 2 is 1.59 bits per heavy atom. The van der Waals surface area contributed by atoms with Gasteiger partial charge in [-0.3, -0.25) is 9.69 Å². The smallest absolute Gasteiger partial charge is 0.416 e. The molecular weight excluding hydrogens is 650 g/mol. The summed E-state index contributed by atoms with van der Waals surface area (Å²) in [6.07, 6.45) is -3.56. The van der Waals surface area contributed by atoms with Gasteiger partial charge in [-0.2, -0.15) is 13.2 Å². The fourth-order valence-electron chi connectivity index (χ4n) is 6.36. The molecule has 11 heteroatoms. The fourth-order valence-corrected chi connectivity index (χ4v) is 7.43. The molecule has 0 radical (unpaired) electrons. The molecule has 0 spiro atoms. The SMILES string of the molecule is CC(COc1ccc2cccc(N(C)C)c2c1)C(=O)OCCN1CCN(CCCN2c3ccccc3Sc3ccc(C(F)(F)F)cc32)CC1. The number of nitrogens with zero attached hydrogens (tertiary/aromatic N) is 4. The van der Waals surface area contributed by atoms with Crippen LogP contribution in [0.3, 0.4) is 0 Å². The van der Waals surface area contributed by atoms with Crippen molar-refractivity contribution < 1.29 is 27.4 Å². The minimum Gasteiger partial charge on any atom is -0.493 e. The molecule has 1 unspecified atom stereocenters. The zero-order chi connectivity index (χ0) is 34.5. The highest BCUT2D eigenvalue weighted by atomic mass is 32.2. The topological polar surface area (TPSA) is 48.5 Å². The third kappa shape index (κ3) is 8.45. The molecule has 7 nitrogen and oxygen atoms in total. The lowest BCUT2D eigenvalue weighted by Crippen LogP contribution is -2.47. The molecule has 0 amide bonds. The third-order valence-electron chi connectivity index (χ3n) is 9.14. The zero-order valence-electron chi connectivity index (χ0n) is 28.2. The second-order valence-electron chi connectivity index (χ2n) is 12.9. The van der Waals surface area contributed by atoms with Crippen LogP contribution in [0, 0.1) is 5.92 Å². The van der Waals surface area contributed by atoms with E-state index in [1.807, 2.05) is 74.4 Å². The molecule has 4 aromatic rings. The van der Waals surface area contributed by atoms with Crippen molar-refractivity contribution in [2.75, 3.05) is 82.9 Å². The van der Waals surface area contributed by atoms with Crippen molar-refractivity contribution >= 4 is 45.6 Å². The number of halogens is 3. The number of hydrogen-bond acceptors (Lipinski definition) is 8. The Labute approximate surface area is 290 Å². The first kappa shape index (κ1) is 34.9. The minimum atomic E-state index is -4.39. The number of anilines is 3. The van der Waals surface area contributed by atoms with E-state index in [1.54, 1.807) is 6.07 Å². The summed E-state index contributed by atoms with van der Waals surface area (Å²) in [6, 6.07) is 24.1. The summed E-state index contributed by atoms with van der Waals surface area (Å²) in [7, 11) is 4.03.